The van der Waals surface area contributed by atoms with Crippen molar-refractivity contribution in [3.8, 4) is 5.75 Å². The summed E-state index contributed by atoms with van der Waals surface area (Å²) in [6, 6.07) is 5.08. The number of ether oxygens (including phenoxy) is 2. The molecule has 6 heteroatoms. The number of pyridine rings is 1. The standard InChI is InChI=1S/C16H19NO5/c1-3-17-10-13(16(20)21-4-2)15(19)12-9-11(22-8-7-18)5-6-14(12)17/h5-6,9-10,18H,3-4,7-8H2,1-2H3. The number of aromatic nitrogens is 1. The number of aryl methyl sites for hydroxylation is 1. The van der Waals surface area contributed by atoms with Crippen molar-refractivity contribution >= 4 is 16.9 Å². The molecule has 2 rings (SSSR count). The zero-order chi connectivity index (χ0) is 16.1. The molecule has 2 aromatic rings. The Morgan fingerprint density at radius 1 is 1.32 bits per heavy atom. The molecule has 0 unspecified atom stereocenters. The van der Waals surface area contributed by atoms with Crippen LogP contribution in [-0.4, -0.2) is 35.5 Å². The summed E-state index contributed by atoms with van der Waals surface area (Å²) in [5.41, 5.74) is 0.347. The van der Waals surface area contributed by atoms with E-state index in [1.807, 2.05) is 11.5 Å². The Morgan fingerprint density at radius 3 is 2.73 bits per heavy atom. The molecule has 6 nitrogen and oxygen atoms in total. The van der Waals surface area contributed by atoms with E-state index in [1.54, 1.807) is 25.1 Å². The van der Waals surface area contributed by atoms with E-state index in [0.29, 0.717) is 17.7 Å². The summed E-state index contributed by atoms with van der Waals surface area (Å²) in [5, 5.41) is 9.19. The van der Waals surface area contributed by atoms with Gasteiger partial charge in [0.1, 0.15) is 17.9 Å². The summed E-state index contributed by atoms with van der Waals surface area (Å²) in [6.45, 7) is 4.47. The van der Waals surface area contributed by atoms with Crippen molar-refractivity contribution in [1.29, 1.82) is 0 Å². The number of aliphatic hydroxyl groups is 1. The first-order valence-electron chi connectivity index (χ1n) is 7.20. The van der Waals surface area contributed by atoms with Gasteiger partial charge in [-0.15, -0.1) is 0 Å². The fraction of sp³-hybridized carbons (Fsp3) is 0.375. The largest absolute Gasteiger partial charge is 0.491 e. The van der Waals surface area contributed by atoms with Crippen LogP contribution in [-0.2, 0) is 11.3 Å². The van der Waals surface area contributed by atoms with Gasteiger partial charge < -0.3 is 19.1 Å². The molecule has 0 atom stereocenters. The Labute approximate surface area is 127 Å². The number of hydrogen-bond donors (Lipinski definition) is 1. The molecule has 0 aliphatic heterocycles. The van der Waals surface area contributed by atoms with Crippen LogP contribution in [0.3, 0.4) is 0 Å². The van der Waals surface area contributed by atoms with E-state index in [-0.39, 0.29) is 30.8 Å². The molecule has 0 amide bonds. The summed E-state index contributed by atoms with van der Waals surface area (Å²) < 4.78 is 12.1. The van der Waals surface area contributed by atoms with Crippen LogP contribution >= 0.6 is 0 Å². The highest BCUT2D eigenvalue weighted by atomic mass is 16.5. The maximum atomic E-state index is 12.5. The van der Waals surface area contributed by atoms with Gasteiger partial charge in [-0.1, -0.05) is 0 Å². The van der Waals surface area contributed by atoms with Gasteiger partial charge in [0.25, 0.3) is 0 Å². The fourth-order valence-electron chi connectivity index (χ4n) is 2.25. The molecule has 1 aromatic heterocycles. The first kappa shape index (κ1) is 16.0. The van der Waals surface area contributed by atoms with E-state index >= 15 is 0 Å². The predicted molar refractivity (Wildman–Crippen MR) is 82.4 cm³/mol. The second kappa shape index (κ2) is 7.09. The minimum absolute atomic E-state index is 0.00973. The molecule has 0 bridgehead atoms. The van der Waals surface area contributed by atoms with Crippen LogP contribution in [0.5, 0.6) is 5.75 Å². The Bertz CT molecular complexity index is 735. The first-order chi connectivity index (χ1) is 10.6. The second-order valence-corrected chi connectivity index (χ2v) is 4.63. The van der Waals surface area contributed by atoms with Crippen molar-refractivity contribution in [1.82, 2.24) is 4.57 Å². The Balaban J connectivity index is 2.61. The lowest BCUT2D eigenvalue weighted by atomic mass is 10.1. The average Bonchev–Trinajstić information content (AvgIpc) is 2.53. The van der Waals surface area contributed by atoms with Crippen LogP contribution in [0, 0.1) is 0 Å². The Kier molecular flexibility index (Phi) is 5.16. The van der Waals surface area contributed by atoms with Gasteiger partial charge in [-0.2, -0.15) is 0 Å². The monoisotopic (exact) mass is 305 g/mol. The highest BCUT2D eigenvalue weighted by Gasteiger charge is 2.16. The van der Waals surface area contributed by atoms with Crippen molar-refractivity contribution < 1.29 is 19.4 Å². The molecule has 0 spiro atoms. The number of aliphatic hydroxyl groups excluding tert-OH is 1. The van der Waals surface area contributed by atoms with Gasteiger partial charge in [-0.3, -0.25) is 4.79 Å². The number of rotatable bonds is 6. The molecule has 1 N–H and O–H groups in total. The third-order valence-electron chi connectivity index (χ3n) is 3.25. The highest BCUT2D eigenvalue weighted by molar-refractivity contribution is 5.94. The summed E-state index contributed by atoms with van der Waals surface area (Å²) in [6.07, 6.45) is 1.52. The van der Waals surface area contributed by atoms with Gasteiger partial charge in [0, 0.05) is 12.7 Å². The maximum Gasteiger partial charge on any atom is 0.343 e. The van der Waals surface area contributed by atoms with Crippen LogP contribution in [0.4, 0.5) is 0 Å². The number of hydrogen-bond acceptors (Lipinski definition) is 5. The number of fused-ring (bicyclic) bond motifs is 1. The third kappa shape index (κ3) is 3.12. The van der Waals surface area contributed by atoms with Crippen LogP contribution in [0.1, 0.15) is 24.2 Å². The van der Waals surface area contributed by atoms with Gasteiger partial charge in [-0.05, 0) is 32.0 Å². The molecule has 22 heavy (non-hydrogen) atoms. The fourth-order valence-corrected chi connectivity index (χ4v) is 2.25. The van der Waals surface area contributed by atoms with Crippen molar-refractivity contribution in [2.75, 3.05) is 19.8 Å². The van der Waals surface area contributed by atoms with E-state index in [1.165, 1.54) is 6.20 Å². The van der Waals surface area contributed by atoms with E-state index in [4.69, 9.17) is 14.6 Å². The topological polar surface area (TPSA) is 77.8 Å². The minimum Gasteiger partial charge on any atom is -0.491 e. The average molecular weight is 305 g/mol. The van der Waals surface area contributed by atoms with E-state index < -0.39 is 5.97 Å². The third-order valence-corrected chi connectivity index (χ3v) is 3.25. The molecule has 1 heterocycles. The maximum absolute atomic E-state index is 12.5. The van der Waals surface area contributed by atoms with E-state index in [9.17, 15) is 9.59 Å². The lowest BCUT2D eigenvalue weighted by Gasteiger charge is -2.12. The van der Waals surface area contributed by atoms with Crippen LogP contribution in [0.25, 0.3) is 10.9 Å². The predicted octanol–water partition coefficient (Wildman–Crippen LogP) is 1.57. The number of nitrogens with zero attached hydrogens (tertiary/aromatic N) is 1. The zero-order valence-corrected chi connectivity index (χ0v) is 12.7. The van der Waals surface area contributed by atoms with E-state index in [0.717, 1.165) is 5.52 Å². The van der Waals surface area contributed by atoms with Gasteiger partial charge in [-0.25, -0.2) is 4.79 Å². The summed E-state index contributed by atoms with van der Waals surface area (Å²) in [4.78, 5) is 24.5. The molecule has 118 valence electrons. The minimum atomic E-state index is -0.627. The van der Waals surface area contributed by atoms with Gasteiger partial charge in [0.15, 0.2) is 0 Å². The highest BCUT2D eigenvalue weighted by Crippen LogP contribution is 2.19. The van der Waals surface area contributed by atoms with E-state index in [2.05, 4.69) is 0 Å². The first-order valence-corrected chi connectivity index (χ1v) is 7.20. The molecule has 0 aliphatic carbocycles. The zero-order valence-electron chi connectivity index (χ0n) is 12.7. The SMILES string of the molecule is CCOC(=O)c1cn(CC)c2ccc(OCCO)cc2c1=O. The van der Waals surface area contributed by atoms with Crippen LogP contribution in [0.15, 0.2) is 29.2 Å². The lowest BCUT2D eigenvalue weighted by Crippen LogP contribution is -2.20. The quantitative estimate of drug-likeness (QED) is 0.820. The normalized spacial score (nSPS) is 10.7. The summed E-state index contributed by atoms with van der Waals surface area (Å²) >= 11 is 0. The molecule has 0 radical (unpaired) electrons. The Morgan fingerprint density at radius 2 is 2.09 bits per heavy atom. The summed E-state index contributed by atoms with van der Waals surface area (Å²) in [5.74, 6) is -0.152. The van der Waals surface area contributed by atoms with Gasteiger partial charge >= 0.3 is 5.97 Å². The molecule has 0 aliphatic rings. The molecule has 0 saturated heterocycles. The lowest BCUT2D eigenvalue weighted by molar-refractivity contribution is 0.0524. The molecular weight excluding hydrogens is 286 g/mol. The number of esters is 1. The molecule has 0 saturated carbocycles. The summed E-state index contributed by atoms with van der Waals surface area (Å²) in [7, 11) is 0. The van der Waals surface area contributed by atoms with Gasteiger partial charge in [0.05, 0.1) is 24.1 Å². The number of carbonyl (C=O) groups is 1. The number of benzene rings is 1. The smallest absolute Gasteiger partial charge is 0.343 e. The second-order valence-electron chi connectivity index (χ2n) is 4.63. The van der Waals surface area contributed by atoms with Crippen molar-refractivity contribution in [3.05, 3.63) is 40.2 Å². The molecule has 1 aromatic carbocycles. The van der Waals surface area contributed by atoms with Crippen LogP contribution in [0.2, 0.25) is 0 Å². The number of carbonyl (C=O) groups excluding carboxylic acids is 1. The molecular formula is C16H19NO5. The molecule has 0 fully saturated rings. The van der Waals surface area contributed by atoms with Gasteiger partial charge in [0.2, 0.25) is 5.43 Å². The van der Waals surface area contributed by atoms with Crippen molar-refractivity contribution in [2.45, 2.75) is 20.4 Å². The Hall–Kier alpha value is -2.34. The van der Waals surface area contributed by atoms with Crippen LogP contribution < -0.4 is 10.2 Å². The van der Waals surface area contributed by atoms with Crippen molar-refractivity contribution in [3.63, 3.8) is 0 Å². The van der Waals surface area contributed by atoms with Crippen molar-refractivity contribution in [2.24, 2.45) is 0 Å².